The van der Waals surface area contributed by atoms with Gasteiger partial charge >= 0.3 is 0 Å². The van der Waals surface area contributed by atoms with Gasteiger partial charge in [0.05, 0.1) is 0 Å². The van der Waals surface area contributed by atoms with Crippen molar-refractivity contribution >= 4 is 6.08 Å². The molecule has 0 spiro atoms. The third kappa shape index (κ3) is 5.04. The Kier molecular flexibility index (Phi) is 7.89. The van der Waals surface area contributed by atoms with Crippen molar-refractivity contribution in [2.24, 2.45) is 5.92 Å². The number of aryl methyl sites for hydroxylation is 1. The molecule has 0 aromatic heterocycles. The average Bonchev–Trinajstić information content (AvgIpc) is 3.04. The van der Waals surface area contributed by atoms with E-state index in [0.29, 0.717) is 5.92 Å². The van der Waals surface area contributed by atoms with E-state index >= 15 is 0 Å². The van der Waals surface area contributed by atoms with Crippen LogP contribution in [0.3, 0.4) is 0 Å². The van der Waals surface area contributed by atoms with Crippen LogP contribution in [0.5, 0.6) is 0 Å². The van der Waals surface area contributed by atoms with Gasteiger partial charge in [-0.15, -0.1) is 0 Å². The van der Waals surface area contributed by atoms with Crippen LogP contribution in [0, 0.1) is 12.3 Å². The molecular weight excluding hydrogens is 379 g/mol. The fraction of sp³-hybridized carbons (Fsp3) is 0.375. The Hall–Kier alpha value is -0.937. The fourth-order valence-corrected chi connectivity index (χ4v) is 3.45. The molecule has 0 saturated heterocycles. The van der Waals surface area contributed by atoms with Crippen LogP contribution in [0.25, 0.3) is 17.2 Å². The second kappa shape index (κ2) is 9.68. The van der Waals surface area contributed by atoms with E-state index in [9.17, 15) is 0 Å². The van der Waals surface area contributed by atoms with Crippen molar-refractivity contribution in [1.82, 2.24) is 0 Å². The Labute approximate surface area is 172 Å². The molecule has 0 heterocycles. The molecule has 1 radical (unpaired) electrons. The van der Waals surface area contributed by atoms with Crippen LogP contribution < -0.4 is 0 Å². The summed E-state index contributed by atoms with van der Waals surface area (Å²) in [6, 6.07) is 15.9. The molecule has 0 N–H and O–H groups in total. The summed E-state index contributed by atoms with van der Waals surface area (Å²) in [5.41, 5.74) is 8.34. The van der Waals surface area contributed by atoms with E-state index in [2.05, 4.69) is 75.7 Å². The zero-order chi connectivity index (χ0) is 16.9. The maximum absolute atomic E-state index is 2.37. The quantitative estimate of drug-likeness (QED) is 0.429. The summed E-state index contributed by atoms with van der Waals surface area (Å²) in [7, 11) is 0. The number of unbranched alkanes of at least 4 members (excludes halogenated alkanes) is 3. The van der Waals surface area contributed by atoms with E-state index in [-0.39, 0.29) is 26.2 Å². The molecule has 25 heavy (non-hydrogen) atoms. The van der Waals surface area contributed by atoms with Gasteiger partial charge in [-0.2, -0.15) is 0 Å². The minimum atomic E-state index is 0. The van der Waals surface area contributed by atoms with Crippen LogP contribution in [0.15, 0.2) is 48.0 Å². The third-order valence-corrected chi connectivity index (χ3v) is 5.02. The first-order valence-electron chi connectivity index (χ1n) is 9.47. The van der Waals surface area contributed by atoms with Crippen molar-refractivity contribution in [1.29, 1.82) is 0 Å². The summed E-state index contributed by atoms with van der Waals surface area (Å²) in [6.07, 6.45) is 11.2. The molecule has 0 atom stereocenters. The van der Waals surface area contributed by atoms with Crippen molar-refractivity contribution in [3.05, 3.63) is 71.1 Å². The maximum Gasteiger partial charge on any atom is 0.0167 e. The largest absolute Gasteiger partial charge is 0.0654 e. The van der Waals surface area contributed by atoms with Crippen molar-refractivity contribution < 1.29 is 26.2 Å². The molecule has 129 valence electrons. The third-order valence-electron chi connectivity index (χ3n) is 5.02. The molecule has 0 bridgehead atoms. The number of allylic oxidation sites excluding steroid dienone is 1. The second-order valence-corrected chi connectivity index (χ2v) is 7.26. The van der Waals surface area contributed by atoms with Crippen LogP contribution in [0.4, 0.5) is 0 Å². The number of fused-ring (bicyclic) bond motifs is 1. The van der Waals surface area contributed by atoms with E-state index in [4.69, 9.17) is 0 Å². The monoisotopic (exact) mass is 407 g/mol. The number of hydrogen-bond donors (Lipinski definition) is 0. The molecule has 2 aromatic carbocycles. The molecule has 2 aromatic rings. The summed E-state index contributed by atoms with van der Waals surface area (Å²) in [6.45, 7) is 6.80. The first-order valence-corrected chi connectivity index (χ1v) is 9.47. The van der Waals surface area contributed by atoms with Gasteiger partial charge in [0.1, 0.15) is 0 Å². The molecule has 1 aliphatic rings. The fourth-order valence-electron chi connectivity index (χ4n) is 3.45. The van der Waals surface area contributed by atoms with Gasteiger partial charge < -0.3 is 0 Å². The van der Waals surface area contributed by atoms with Crippen molar-refractivity contribution in [2.75, 3.05) is 0 Å². The number of hydrogen-bond acceptors (Lipinski definition) is 0. The predicted octanol–water partition coefficient (Wildman–Crippen LogP) is 7.08. The smallest absolute Gasteiger partial charge is 0.0167 e. The molecule has 1 heteroatoms. The molecule has 0 saturated carbocycles. The summed E-state index contributed by atoms with van der Waals surface area (Å²) in [5, 5.41) is 0. The van der Waals surface area contributed by atoms with Crippen LogP contribution in [0.1, 0.15) is 63.1 Å². The van der Waals surface area contributed by atoms with Gasteiger partial charge in [0.2, 0.25) is 0 Å². The summed E-state index contributed by atoms with van der Waals surface area (Å²) in [5.74, 6) is 0.579. The molecule has 1 aliphatic carbocycles. The van der Waals surface area contributed by atoms with Crippen molar-refractivity contribution in [2.45, 2.75) is 52.9 Å². The molecule has 3 rings (SSSR count). The van der Waals surface area contributed by atoms with Gasteiger partial charge in [0.25, 0.3) is 0 Å². The van der Waals surface area contributed by atoms with E-state index in [1.807, 2.05) is 0 Å². The van der Waals surface area contributed by atoms with Crippen LogP contribution >= 0.6 is 0 Å². The molecule has 0 nitrogen and oxygen atoms in total. The Morgan fingerprint density at radius 3 is 2.32 bits per heavy atom. The van der Waals surface area contributed by atoms with Gasteiger partial charge in [-0.25, -0.2) is 0 Å². The zero-order valence-corrected chi connectivity index (χ0v) is 18.3. The van der Waals surface area contributed by atoms with Crippen molar-refractivity contribution in [3.8, 4) is 11.1 Å². The minimum absolute atomic E-state index is 0. The van der Waals surface area contributed by atoms with Crippen LogP contribution in [-0.4, -0.2) is 0 Å². The van der Waals surface area contributed by atoms with Gasteiger partial charge in [0.15, 0.2) is 0 Å². The van der Waals surface area contributed by atoms with E-state index in [1.165, 1.54) is 65.5 Å². The van der Waals surface area contributed by atoms with E-state index in [1.54, 1.807) is 0 Å². The SMILES string of the molecule is CCCCCCc1ccc(-c2cccc3c2C=C(C(C)C)[CH]3)cc1.[Zr]. The molecule has 0 unspecified atom stereocenters. The summed E-state index contributed by atoms with van der Waals surface area (Å²) >= 11 is 0. The normalized spacial score (nSPS) is 12.7. The summed E-state index contributed by atoms with van der Waals surface area (Å²) in [4.78, 5) is 0. The zero-order valence-electron chi connectivity index (χ0n) is 15.8. The first-order chi connectivity index (χ1) is 11.7. The summed E-state index contributed by atoms with van der Waals surface area (Å²) < 4.78 is 0. The standard InChI is InChI=1S/C24H29.Zr/c1-4-5-6-7-9-19-12-14-20(15-13-19)23-11-8-10-21-16-22(18(2)3)17-24(21)23;/h8,10-18H,4-7,9H2,1-3H3;. The van der Waals surface area contributed by atoms with Gasteiger partial charge in [-0.05, 0) is 46.6 Å². The second-order valence-electron chi connectivity index (χ2n) is 7.26. The maximum atomic E-state index is 2.37. The van der Waals surface area contributed by atoms with E-state index in [0.717, 1.165) is 0 Å². The van der Waals surface area contributed by atoms with Crippen LogP contribution in [0.2, 0.25) is 0 Å². The Bertz CT molecular complexity index is 707. The molecule has 0 aliphatic heterocycles. The number of rotatable bonds is 7. The first kappa shape index (κ1) is 20.4. The van der Waals surface area contributed by atoms with Gasteiger partial charge in [0, 0.05) is 32.6 Å². The predicted molar refractivity (Wildman–Crippen MR) is 106 cm³/mol. The van der Waals surface area contributed by atoms with Crippen LogP contribution in [-0.2, 0) is 32.6 Å². The topological polar surface area (TPSA) is 0 Å². The Morgan fingerprint density at radius 2 is 1.64 bits per heavy atom. The minimum Gasteiger partial charge on any atom is -0.0654 e. The van der Waals surface area contributed by atoms with Crippen molar-refractivity contribution in [3.63, 3.8) is 0 Å². The molecule has 0 fully saturated rings. The number of benzene rings is 2. The van der Waals surface area contributed by atoms with Gasteiger partial charge in [-0.1, -0.05) is 94.1 Å². The average molecular weight is 409 g/mol. The van der Waals surface area contributed by atoms with Gasteiger partial charge in [-0.3, -0.25) is 0 Å². The Morgan fingerprint density at radius 1 is 0.880 bits per heavy atom. The molecule has 0 amide bonds. The molecular formula is C24H29Zr. The van der Waals surface area contributed by atoms with E-state index < -0.39 is 0 Å². The Balaban J connectivity index is 0.00000225.